The first-order valence-corrected chi connectivity index (χ1v) is 4.85. The van der Waals surface area contributed by atoms with Gasteiger partial charge in [-0.3, -0.25) is 0 Å². The summed E-state index contributed by atoms with van der Waals surface area (Å²) in [4.78, 5) is 0. The van der Waals surface area contributed by atoms with Crippen molar-refractivity contribution in [1.29, 1.82) is 0 Å². The average Bonchev–Trinajstić information content (AvgIpc) is 2.11. The van der Waals surface area contributed by atoms with Crippen LogP contribution in [0.5, 0.6) is 0 Å². The quantitative estimate of drug-likeness (QED) is 0.600. The van der Waals surface area contributed by atoms with Crippen LogP contribution in [-0.4, -0.2) is 25.3 Å². The lowest BCUT2D eigenvalue weighted by Crippen LogP contribution is -2.38. The normalized spacial score (nSPS) is 33.0. The van der Waals surface area contributed by atoms with Gasteiger partial charge in [-0.2, -0.15) is 0 Å². The van der Waals surface area contributed by atoms with E-state index in [-0.39, 0.29) is 5.41 Å². The van der Waals surface area contributed by atoms with Gasteiger partial charge >= 0.3 is 0 Å². The van der Waals surface area contributed by atoms with Gasteiger partial charge in [0.25, 0.3) is 0 Å². The number of hydrogen-bond acceptors (Lipinski definition) is 2. The van der Waals surface area contributed by atoms with Crippen LogP contribution in [0.15, 0.2) is 0 Å². The molecule has 0 spiro atoms. The third-order valence-corrected chi connectivity index (χ3v) is 2.49. The molecule has 1 saturated heterocycles. The molecule has 1 heterocycles. The maximum absolute atomic E-state index is 5.78. The summed E-state index contributed by atoms with van der Waals surface area (Å²) in [5.74, 6) is 0. The maximum atomic E-state index is 5.78. The van der Waals surface area contributed by atoms with E-state index in [9.17, 15) is 0 Å². The molecule has 0 aromatic carbocycles. The van der Waals surface area contributed by atoms with Crippen molar-refractivity contribution >= 4 is 0 Å². The molecule has 0 aromatic rings. The summed E-state index contributed by atoms with van der Waals surface area (Å²) in [5, 5.41) is 3.48. The van der Waals surface area contributed by atoms with Gasteiger partial charge in [0.05, 0.1) is 6.10 Å². The van der Waals surface area contributed by atoms with Gasteiger partial charge in [-0.15, -0.1) is 0 Å². The fraction of sp³-hybridized carbons (Fsp3) is 1.00. The molecule has 2 nitrogen and oxygen atoms in total. The van der Waals surface area contributed by atoms with Crippen LogP contribution < -0.4 is 5.32 Å². The number of ether oxygens (including phenoxy) is 1. The minimum Gasteiger partial charge on any atom is -0.376 e. The van der Waals surface area contributed by atoms with Gasteiger partial charge in [-0.25, -0.2) is 0 Å². The van der Waals surface area contributed by atoms with E-state index < -0.39 is 0 Å². The maximum Gasteiger partial charge on any atom is 0.0747 e. The summed E-state index contributed by atoms with van der Waals surface area (Å²) in [6.45, 7) is 10.8. The third kappa shape index (κ3) is 2.76. The second-order valence-electron chi connectivity index (χ2n) is 4.82. The molecule has 0 amide bonds. The standard InChI is InChI=1S/C10H21NO/c1-8-5-6-12-9(7-11-8)10(2,3)4/h8-9,11H,5-7H2,1-4H3. The molecule has 2 atom stereocenters. The summed E-state index contributed by atoms with van der Waals surface area (Å²) in [6.07, 6.45) is 1.49. The van der Waals surface area contributed by atoms with Gasteiger partial charge in [0, 0.05) is 19.2 Å². The first-order chi connectivity index (χ1) is 5.50. The van der Waals surface area contributed by atoms with Crippen LogP contribution >= 0.6 is 0 Å². The van der Waals surface area contributed by atoms with Crippen molar-refractivity contribution < 1.29 is 4.74 Å². The van der Waals surface area contributed by atoms with Gasteiger partial charge in [0.2, 0.25) is 0 Å². The molecule has 2 unspecified atom stereocenters. The minimum atomic E-state index is 0.261. The van der Waals surface area contributed by atoms with E-state index in [4.69, 9.17) is 4.74 Å². The summed E-state index contributed by atoms with van der Waals surface area (Å²) < 4.78 is 5.78. The van der Waals surface area contributed by atoms with E-state index in [0.717, 1.165) is 19.6 Å². The topological polar surface area (TPSA) is 21.3 Å². The van der Waals surface area contributed by atoms with Crippen molar-refractivity contribution in [3.8, 4) is 0 Å². The Bertz CT molecular complexity index is 139. The third-order valence-electron chi connectivity index (χ3n) is 2.49. The Kier molecular flexibility index (Phi) is 3.13. The lowest BCUT2D eigenvalue weighted by atomic mass is 9.89. The zero-order valence-electron chi connectivity index (χ0n) is 8.68. The highest BCUT2D eigenvalue weighted by Crippen LogP contribution is 2.23. The van der Waals surface area contributed by atoms with Gasteiger partial charge in [0.1, 0.15) is 0 Å². The number of nitrogens with one attached hydrogen (secondary N) is 1. The van der Waals surface area contributed by atoms with Crippen molar-refractivity contribution in [3.63, 3.8) is 0 Å². The second-order valence-corrected chi connectivity index (χ2v) is 4.82. The molecule has 12 heavy (non-hydrogen) atoms. The predicted molar refractivity (Wildman–Crippen MR) is 51.3 cm³/mol. The van der Waals surface area contributed by atoms with Gasteiger partial charge in [0.15, 0.2) is 0 Å². The fourth-order valence-corrected chi connectivity index (χ4v) is 1.41. The Balaban J connectivity index is 2.46. The molecule has 1 aliphatic rings. The Hall–Kier alpha value is -0.0800. The molecule has 1 rings (SSSR count). The SMILES string of the molecule is CC1CCOC(C(C)(C)C)CN1. The number of rotatable bonds is 0. The molecule has 0 aromatic heterocycles. The van der Waals surface area contributed by atoms with Gasteiger partial charge in [-0.1, -0.05) is 20.8 Å². The minimum absolute atomic E-state index is 0.261. The van der Waals surface area contributed by atoms with E-state index in [1.54, 1.807) is 0 Å². The van der Waals surface area contributed by atoms with Crippen molar-refractivity contribution in [1.82, 2.24) is 5.32 Å². The number of hydrogen-bond donors (Lipinski definition) is 1. The van der Waals surface area contributed by atoms with E-state index in [0.29, 0.717) is 12.1 Å². The van der Waals surface area contributed by atoms with Crippen LogP contribution in [0.1, 0.15) is 34.1 Å². The molecule has 1 aliphatic heterocycles. The second kappa shape index (κ2) is 3.75. The molecule has 1 fully saturated rings. The zero-order valence-corrected chi connectivity index (χ0v) is 8.68. The van der Waals surface area contributed by atoms with E-state index in [1.165, 1.54) is 0 Å². The van der Waals surface area contributed by atoms with E-state index >= 15 is 0 Å². The van der Waals surface area contributed by atoms with Gasteiger partial charge < -0.3 is 10.1 Å². The molecule has 0 aliphatic carbocycles. The molecule has 0 saturated carbocycles. The summed E-state index contributed by atoms with van der Waals surface area (Å²) in [5.41, 5.74) is 0.261. The largest absolute Gasteiger partial charge is 0.376 e. The molecular weight excluding hydrogens is 150 g/mol. The average molecular weight is 171 g/mol. The van der Waals surface area contributed by atoms with E-state index in [1.807, 2.05) is 0 Å². The Morgan fingerprint density at radius 3 is 2.58 bits per heavy atom. The van der Waals surface area contributed by atoms with Gasteiger partial charge in [-0.05, 0) is 18.8 Å². The van der Waals surface area contributed by atoms with Crippen LogP contribution in [-0.2, 0) is 4.74 Å². The van der Waals surface area contributed by atoms with E-state index in [2.05, 4.69) is 33.0 Å². The van der Waals surface area contributed by atoms with Crippen LogP contribution in [0.4, 0.5) is 0 Å². The highest BCUT2D eigenvalue weighted by molar-refractivity contribution is 4.80. The van der Waals surface area contributed by atoms with Crippen LogP contribution in [0.25, 0.3) is 0 Å². The summed E-state index contributed by atoms with van der Waals surface area (Å²) >= 11 is 0. The monoisotopic (exact) mass is 171 g/mol. The zero-order chi connectivity index (χ0) is 9.19. The molecule has 72 valence electrons. The molecular formula is C10H21NO. The first kappa shape index (κ1) is 10.0. The van der Waals surface area contributed by atoms with Crippen molar-refractivity contribution in [3.05, 3.63) is 0 Å². The molecule has 0 bridgehead atoms. The van der Waals surface area contributed by atoms with Crippen LogP contribution in [0, 0.1) is 5.41 Å². The summed E-state index contributed by atoms with van der Waals surface area (Å²) in [6, 6.07) is 0.609. The van der Waals surface area contributed by atoms with Crippen molar-refractivity contribution in [2.75, 3.05) is 13.2 Å². The van der Waals surface area contributed by atoms with Crippen molar-refractivity contribution in [2.45, 2.75) is 46.3 Å². The molecule has 0 radical (unpaired) electrons. The van der Waals surface area contributed by atoms with Crippen LogP contribution in [0.2, 0.25) is 0 Å². The Morgan fingerprint density at radius 2 is 2.00 bits per heavy atom. The predicted octanol–water partition coefficient (Wildman–Crippen LogP) is 1.80. The highest BCUT2D eigenvalue weighted by atomic mass is 16.5. The molecule has 1 N–H and O–H groups in total. The Labute approximate surface area is 75.7 Å². The lowest BCUT2D eigenvalue weighted by Gasteiger charge is -2.29. The fourth-order valence-electron chi connectivity index (χ4n) is 1.41. The summed E-state index contributed by atoms with van der Waals surface area (Å²) in [7, 11) is 0. The Morgan fingerprint density at radius 1 is 1.33 bits per heavy atom. The van der Waals surface area contributed by atoms with Crippen LogP contribution in [0.3, 0.4) is 0 Å². The first-order valence-electron chi connectivity index (χ1n) is 4.85. The van der Waals surface area contributed by atoms with Crippen molar-refractivity contribution in [2.24, 2.45) is 5.41 Å². The molecule has 2 heteroatoms. The highest BCUT2D eigenvalue weighted by Gasteiger charge is 2.27. The lowest BCUT2D eigenvalue weighted by molar-refractivity contribution is -0.00563. The smallest absolute Gasteiger partial charge is 0.0747 e.